The Morgan fingerprint density at radius 2 is 2.31 bits per heavy atom. The Hall–Kier alpha value is -0.910. The highest BCUT2D eigenvalue weighted by Crippen LogP contribution is 2.21. The maximum absolute atomic E-state index is 11.6. The highest BCUT2D eigenvalue weighted by atomic mass is 32.2. The molecule has 0 radical (unpaired) electrons. The van der Waals surface area contributed by atoms with Crippen LogP contribution in [0.4, 0.5) is 0 Å². The van der Waals surface area contributed by atoms with Crippen LogP contribution in [0.5, 0.6) is 0 Å². The average Bonchev–Trinajstić information content (AvgIpc) is 2.57. The molecule has 0 aromatic carbocycles. The highest BCUT2D eigenvalue weighted by molar-refractivity contribution is 7.84. The van der Waals surface area contributed by atoms with Crippen LogP contribution in [-0.2, 0) is 20.4 Å². The van der Waals surface area contributed by atoms with Gasteiger partial charge in [-0.1, -0.05) is 0 Å². The summed E-state index contributed by atoms with van der Waals surface area (Å²) in [6.07, 6.45) is 2.37. The standard InChI is InChI=1S/C10H17NO4S/c1-7(3-4-16(2)15)11-6-8(10(13)14)5-9(11)12/h7-8H,3-6H2,1-2H3,(H,13,14). The summed E-state index contributed by atoms with van der Waals surface area (Å²) in [7, 11) is -0.869. The molecule has 6 heteroatoms. The van der Waals surface area contributed by atoms with Crippen molar-refractivity contribution in [3.05, 3.63) is 0 Å². The molecule has 1 saturated heterocycles. The number of nitrogens with zero attached hydrogens (tertiary/aromatic N) is 1. The lowest BCUT2D eigenvalue weighted by molar-refractivity contribution is -0.141. The lowest BCUT2D eigenvalue weighted by Crippen LogP contribution is -2.35. The van der Waals surface area contributed by atoms with Crippen molar-refractivity contribution >= 4 is 22.7 Å². The zero-order valence-corrected chi connectivity index (χ0v) is 10.3. The van der Waals surface area contributed by atoms with Gasteiger partial charge in [0.1, 0.15) is 0 Å². The normalized spacial score (nSPS) is 24.5. The van der Waals surface area contributed by atoms with E-state index in [1.54, 1.807) is 11.2 Å². The molecule has 1 heterocycles. The molecular weight excluding hydrogens is 230 g/mol. The number of amides is 1. The largest absolute Gasteiger partial charge is 0.481 e. The third kappa shape index (κ3) is 3.30. The Balaban J connectivity index is 2.51. The maximum atomic E-state index is 11.6. The molecule has 0 spiro atoms. The summed E-state index contributed by atoms with van der Waals surface area (Å²) in [5, 5.41) is 8.82. The van der Waals surface area contributed by atoms with Crippen molar-refractivity contribution in [2.75, 3.05) is 18.6 Å². The molecule has 1 rings (SSSR count). The summed E-state index contributed by atoms with van der Waals surface area (Å²) < 4.78 is 10.9. The van der Waals surface area contributed by atoms with Gasteiger partial charge in [0.25, 0.3) is 0 Å². The number of carbonyl (C=O) groups excluding carboxylic acids is 1. The Morgan fingerprint density at radius 1 is 1.69 bits per heavy atom. The topological polar surface area (TPSA) is 74.7 Å². The smallest absolute Gasteiger partial charge is 0.308 e. The molecular formula is C10H17NO4S. The second-order valence-corrected chi connectivity index (χ2v) is 5.76. The Labute approximate surface area is 97.3 Å². The van der Waals surface area contributed by atoms with Gasteiger partial charge >= 0.3 is 5.97 Å². The van der Waals surface area contributed by atoms with Crippen molar-refractivity contribution < 1.29 is 18.9 Å². The zero-order chi connectivity index (χ0) is 12.3. The third-order valence-electron chi connectivity index (χ3n) is 2.86. The zero-order valence-electron chi connectivity index (χ0n) is 9.51. The Kier molecular flexibility index (Phi) is 4.46. The van der Waals surface area contributed by atoms with E-state index >= 15 is 0 Å². The van der Waals surface area contributed by atoms with Gasteiger partial charge < -0.3 is 10.0 Å². The summed E-state index contributed by atoms with van der Waals surface area (Å²) in [5.74, 6) is -1.06. The van der Waals surface area contributed by atoms with Gasteiger partial charge in [-0.15, -0.1) is 0 Å². The summed E-state index contributed by atoms with van der Waals surface area (Å²) in [4.78, 5) is 23.9. The number of carboxylic acid groups (broad SMARTS) is 1. The summed E-state index contributed by atoms with van der Waals surface area (Å²) in [6.45, 7) is 2.15. The number of likely N-dealkylation sites (tertiary alicyclic amines) is 1. The van der Waals surface area contributed by atoms with Crippen molar-refractivity contribution in [2.24, 2.45) is 5.92 Å². The molecule has 3 atom stereocenters. The average molecular weight is 247 g/mol. The summed E-state index contributed by atoms with van der Waals surface area (Å²) in [5.41, 5.74) is 0. The fraction of sp³-hybridized carbons (Fsp3) is 0.800. The van der Waals surface area contributed by atoms with E-state index in [4.69, 9.17) is 5.11 Å². The molecule has 1 fully saturated rings. The van der Waals surface area contributed by atoms with Crippen LogP contribution >= 0.6 is 0 Å². The molecule has 5 nitrogen and oxygen atoms in total. The van der Waals surface area contributed by atoms with E-state index in [1.165, 1.54) is 0 Å². The minimum Gasteiger partial charge on any atom is -0.481 e. The first kappa shape index (κ1) is 13.2. The summed E-state index contributed by atoms with van der Waals surface area (Å²) in [6, 6.07) is -0.0271. The van der Waals surface area contributed by atoms with Crippen molar-refractivity contribution in [3.8, 4) is 0 Å². The molecule has 0 bridgehead atoms. The van der Waals surface area contributed by atoms with Crippen molar-refractivity contribution in [3.63, 3.8) is 0 Å². The number of rotatable bonds is 5. The van der Waals surface area contributed by atoms with E-state index in [-0.39, 0.29) is 24.9 Å². The minimum atomic E-state index is -0.915. The Bertz CT molecular complexity index is 318. The van der Waals surface area contributed by atoms with E-state index < -0.39 is 22.7 Å². The number of hydrogen-bond acceptors (Lipinski definition) is 3. The first-order valence-corrected chi connectivity index (χ1v) is 6.96. The van der Waals surface area contributed by atoms with E-state index in [2.05, 4.69) is 0 Å². The van der Waals surface area contributed by atoms with Crippen molar-refractivity contribution in [1.29, 1.82) is 0 Å². The van der Waals surface area contributed by atoms with E-state index in [0.29, 0.717) is 12.2 Å². The molecule has 92 valence electrons. The van der Waals surface area contributed by atoms with Gasteiger partial charge in [-0.25, -0.2) is 0 Å². The Morgan fingerprint density at radius 3 is 2.75 bits per heavy atom. The van der Waals surface area contributed by atoms with E-state index in [0.717, 1.165) is 0 Å². The van der Waals surface area contributed by atoms with Crippen molar-refractivity contribution in [1.82, 2.24) is 4.90 Å². The van der Waals surface area contributed by atoms with Crippen LogP contribution in [0.15, 0.2) is 0 Å². The molecule has 0 saturated carbocycles. The van der Waals surface area contributed by atoms with Crippen LogP contribution in [0.25, 0.3) is 0 Å². The minimum absolute atomic E-state index is 0.0271. The number of aliphatic carboxylic acids is 1. The molecule has 3 unspecified atom stereocenters. The quantitative estimate of drug-likeness (QED) is 0.746. The fourth-order valence-corrected chi connectivity index (χ4v) is 2.49. The van der Waals surface area contributed by atoms with Crippen molar-refractivity contribution in [2.45, 2.75) is 25.8 Å². The van der Waals surface area contributed by atoms with Crippen LogP contribution in [0.1, 0.15) is 19.8 Å². The molecule has 16 heavy (non-hydrogen) atoms. The van der Waals surface area contributed by atoms with Crippen LogP contribution < -0.4 is 0 Å². The second-order valence-electron chi connectivity index (χ2n) is 4.20. The van der Waals surface area contributed by atoms with Crippen LogP contribution in [0.3, 0.4) is 0 Å². The summed E-state index contributed by atoms with van der Waals surface area (Å²) >= 11 is 0. The van der Waals surface area contributed by atoms with Gasteiger partial charge in [-0.05, 0) is 13.3 Å². The number of carbonyl (C=O) groups is 2. The molecule has 1 amide bonds. The molecule has 1 aliphatic heterocycles. The number of hydrogen-bond donors (Lipinski definition) is 1. The monoisotopic (exact) mass is 247 g/mol. The molecule has 0 aromatic heterocycles. The molecule has 1 N–H and O–H groups in total. The van der Waals surface area contributed by atoms with E-state index in [9.17, 15) is 13.8 Å². The predicted octanol–water partition coefficient (Wildman–Crippen LogP) is 0.0766. The lowest BCUT2D eigenvalue weighted by atomic mass is 10.1. The van der Waals surface area contributed by atoms with Gasteiger partial charge in [0, 0.05) is 41.8 Å². The first-order valence-electron chi connectivity index (χ1n) is 5.24. The van der Waals surface area contributed by atoms with Gasteiger partial charge in [0.2, 0.25) is 5.91 Å². The molecule has 1 aliphatic rings. The fourth-order valence-electron chi connectivity index (χ4n) is 1.82. The molecule has 0 aliphatic carbocycles. The van der Waals surface area contributed by atoms with E-state index in [1.807, 2.05) is 6.92 Å². The first-order chi connectivity index (χ1) is 7.41. The van der Waals surface area contributed by atoms with Crippen LogP contribution in [0.2, 0.25) is 0 Å². The highest BCUT2D eigenvalue weighted by Gasteiger charge is 2.36. The second kappa shape index (κ2) is 5.43. The lowest BCUT2D eigenvalue weighted by Gasteiger charge is -2.24. The maximum Gasteiger partial charge on any atom is 0.308 e. The molecule has 0 aromatic rings. The van der Waals surface area contributed by atoms with Crippen LogP contribution in [0, 0.1) is 5.92 Å². The van der Waals surface area contributed by atoms with Gasteiger partial charge in [0.05, 0.1) is 5.92 Å². The predicted molar refractivity (Wildman–Crippen MR) is 60.5 cm³/mol. The third-order valence-corrected chi connectivity index (χ3v) is 3.67. The SMILES string of the molecule is CC(CCS(C)=O)N1CC(C(=O)O)CC1=O. The number of carboxylic acids is 1. The van der Waals surface area contributed by atoms with Gasteiger partial charge in [-0.3, -0.25) is 13.8 Å². The van der Waals surface area contributed by atoms with Gasteiger partial charge in [0.15, 0.2) is 0 Å². The van der Waals surface area contributed by atoms with Gasteiger partial charge in [-0.2, -0.15) is 0 Å². The van der Waals surface area contributed by atoms with Crippen LogP contribution in [-0.4, -0.2) is 50.7 Å².